The van der Waals surface area contributed by atoms with Gasteiger partial charge in [0.25, 0.3) is 0 Å². The Kier molecular flexibility index (Phi) is 11.0. The van der Waals surface area contributed by atoms with E-state index in [1.54, 1.807) is 19.2 Å². The van der Waals surface area contributed by atoms with Gasteiger partial charge in [-0.1, -0.05) is 18.6 Å². The van der Waals surface area contributed by atoms with Gasteiger partial charge in [-0.3, -0.25) is 9.59 Å². The fourth-order valence-electron chi connectivity index (χ4n) is 7.34. The quantitative estimate of drug-likeness (QED) is 0.302. The molecule has 0 bridgehead atoms. The van der Waals surface area contributed by atoms with Crippen molar-refractivity contribution < 1.29 is 43.2 Å². The van der Waals surface area contributed by atoms with Crippen molar-refractivity contribution in [2.45, 2.75) is 107 Å². The summed E-state index contributed by atoms with van der Waals surface area (Å²) in [5.41, 5.74) is -0.865. The zero-order valence-corrected chi connectivity index (χ0v) is 30.0. The number of halogens is 1. The molecule has 0 radical (unpaired) electrons. The number of ether oxygens (including phenoxy) is 4. The summed E-state index contributed by atoms with van der Waals surface area (Å²) in [6.07, 6.45) is 9.42. The molecule has 2 aromatic rings. The molecule has 13 nitrogen and oxygen atoms in total. The van der Waals surface area contributed by atoms with E-state index < -0.39 is 41.7 Å². The highest BCUT2D eigenvalue weighted by molar-refractivity contribution is 9.10. The Morgan fingerprint density at radius 2 is 1.90 bits per heavy atom. The van der Waals surface area contributed by atoms with Crippen LogP contribution in [0.25, 0.3) is 10.9 Å². The molecule has 3 fully saturated rings. The largest absolute Gasteiger partial charge is 0.495 e. The topological polar surface area (TPSA) is 166 Å². The number of carboxylic acids is 1. The Morgan fingerprint density at radius 3 is 2.64 bits per heavy atom. The maximum Gasteiger partial charge on any atom is 0.407 e. The maximum absolute atomic E-state index is 14.1. The van der Waals surface area contributed by atoms with E-state index in [-0.39, 0.29) is 43.7 Å². The molecule has 2 aliphatic carbocycles. The third-order valence-corrected chi connectivity index (χ3v) is 10.9. The van der Waals surface area contributed by atoms with E-state index in [2.05, 4.69) is 31.5 Å². The van der Waals surface area contributed by atoms with Gasteiger partial charge in [0.15, 0.2) is 0 Å². The number of nitrogens with zero attached hydrogens (tertiary/aromatic N) is 2. The smallest absolute Gasteiger partial charge is 0.407 e. The van der Waals surface area contributed by atoms with Crippen LogP contribution in [0.2, 0.25) is 0 Å². The van der Waals surface area contributed by atoms with E-state index in [0.29, 0.717) is 45.8 Å². The number of hydrogen-bond acceptors (Lipinski definition) is 9. The predicted molar refractivity (Wildman–Crippen MR) is 186 cm³/mol. The number of aliphatic carboxylic acids is 1. The average molecular weight is 758 g/mol. The fourth-order valence-corrected chi connectivity index (χ4v) is 7.94. The van der Waals surface area contributed by atoms with Crippen LogP contribution in [-0.2, 0) is 19.1 Å². The second kappa shape index (κ2) is 15.4. The molecule has 3 amide bonds. The zero-order chi connectivity index (χ0) is 35.4. The van der Waals surface area contributed by atoms with Crippen molar-refractivity contribution in [3.63, 3.8) is 0 Å². The van der Waals surface area contributed by atoms with E-state index in [4.69, 9.17) is 18.9 Å². The van der Waals surface area contributed by atoms with Crippen LogP contribution in [0.3, 0.4) is 0 Å². The van der Waals surface area contributed by atoms with Gasteiger partial charge in [0, 0.05) is 36.3 Å². The number of allylic oxidation sites excluding steroid dienone is 1. The molecule has 6 rings (SSSR count). The molecular weight excluding hydrogens is 712 g/mol. The van der Waals surface area contributed by atoms with Crippen molar-refractivity contribution in [3.8, 4) is 17.4 Å². The second-order valence-electron chi connectivity index (χ2n) is 13.6. The molecule has 0 unspecified atom stereocenters. The minimum atomic E-state index is -1.42. The van der Waals surface area contributed by atoms with Gasteiger partial charge in [-0.15, -0.1) is 0 Å². The second-order valence-corrected chi connectivity index (χ2v) is 14.3. The van der Waals surface area contributed by atoms with E-state index in [9.17, 15) is 24.3 Å². The van der Waals surface area contributed by atoms with Crippen LogP contribution in [0.1, 0.15) is 77.6 Å². The number of alkyl carbamates (subject to hydrolysis) is 1. The Hall–Kier alpha value is -4.07. The van der Waals surface area contributed by atoms with E-state index in [1.807, 2.05) is 25.1 Å². The number of rotatable bonds is 8. The monoisotopic (exact) mass is 756 g/mol. The lowest BCUT2D eigenvalue weighted by Gasteiger charge is -2.27. The van der Waals surface area contributed by atoms with Crippen molar-refractivity contribution in [2.24, 2.45) is 5.92 Å². The van der Waals surface area contributed by atoms with Crippen LogP contribution in [-0.4, -0.2) is 89.0 Å². The van der Waals surface area contributed by atoms with Crippen LogP contribution in [0.15, 0.2) is 34.8 Å². The zero-order valence-electron chi connectivity index (χ0n) is 28.5. The van der Waals surface area contributed by atoms with Crippen molar-refractivity contribution in [1.29, 1.82) is 0 Å². The summed E-state index contributed by atoms with van der Waals surface area (Å²) < 4.78 is 24.0. The van der Waals surface area contributed by atoms with E-state index in [1.165, 1.54) is 4.90 Å². The Morgan fingerprint density at radius 1 is 1.12 bits per heavy atom. The first-order chi connectivity index (χ1) is 24.1. The number of amides is 3. The molecular formula is C36H45BrN4O9. The molecule has 14 heteroatoms. The molecule has 2 saturated carbocycles. The van der Waals surface area contributed by atoms with Gasteiger partial charge in [-0.05, 0) is 86.4 Å². The number of carbonyl (C=O) groups excluding carboxylic acids is 3. The predicted octanol–water partition coefficient (Wildman–Crippen LogP) is 5.27. The Labute approximate surface area is 299 Å². The van der Waals surface area contributed by atoms with Crippen LogP contribution in [0.4, 0.5) is 4.79 Å². The first kappa shape index (κ1) is 35.7. The van der Waals surface area contributed by atoms with Gasteiger partial charge in [-0.25, -0.2) is 14.6 Å². The van der Waals surface area contributed by atoms with E-state index >= 15 is 0 Å². The summed E-state index contributed by atoms with van der Waals surface area (Å²) >= 11 is 3.58. The number of carbonyl (C=O) groups is 4. The summed E-state index contributed by atoms with van der Waals surface area (Å²) in [7, 11) is 1.56. The fraction of sp³-hybridized carbons (Fsp3) is 0.583. The van der Waals surface area contributed by atoms with Gasteiger partial charge in [0.1, 0.15) is 35.3 Å². The number of hydrogen-bond donors (Lipinski definition) is 3. The summed E-state index contributed by atoms with van der Waals surface area (Å²) in [6, 6.07) is 3.79. The van der Waals surface area contributed by atoms with Crippen LogP contribution < -0.4 is 24.8 Å². The van der Waals surface area contributed by atoms with E-state index in [0.717, 1.165) is 44.9 Å². The Balaban J connectivity index is 1.27. The molecule has 0 spiro atoms. The number of pyridine rings is 1. The maximum atomic E-state index is 14.1. The number of benzene rings is 1. The highest BCUT2D eigenvalue weighted by Gasteiger charge is 2.61. The molecule has 270 valence electrons. The van der Waals surface area contributed by atoms with Gasteiger partial charge in [0.05, 0.1) is 30.3 Å². The first-order valence-electron chi connectivity index (χ1n) is 17.6. The molecule has 1 aromatic heterocycles. The minimum Gasteiger partial charge on any atom is -0.495 e. The molecule has 3 N–H and O–H groups in total. The van der Waals surface area contributed by atoms with Crippen LogP contribution >= 0.6 is 15.9 Å². The lowest BCUT2D eigenvalue weighted by molar-refractivity contribution is -0.145. The minimum absolute atomic E-state index is 0.0434. The normalized spacial score (nSPS) is 28.0. The average Bonchev–Trinajstić information content (AvgIpc) is 3.35. The van der Waals surface area contributed by atoms with Gasteiger partial charge in [0.2, 0.25) is 17.7 Å². The third kappa shape index (κ3) is 7.79. The molecule has 1 aromatic carbocycles. The molecule has 5 atom stereocenters. The number of carboxylic acid groups (broad SMARTS) is 1. The third-order valence-electron chi connectivity index (χ3n) is 10.1. The lowest BCUT2D eigenvalue weighted by Crippen LogP contribution is -2.53. The molecule has 3 heterocycles. The summed E-state index contributed by atoms with van der Waals surface area (Å²) in [5.74, 6) is -0.979. The number of nitrogens with one attached hydrogen (secondary N) is 2. The number of methoxy groups -OCH3 is 1. The molecule has 1 saturated heterocycles. The molecule has 4 aliphatic rings. The summed E-state index contributed by atoms with van der Waals surface area (Å²) in [4.78, 5) is 59.5. The van der Waals surface area contributed by atoms with Crippen molar-refractivity contribution in [3.05, 3.63) is 34.8 Å². The van der Waals surface area contributed by atoms with Gasteiger partial charge < -0.3 is 39.6 Å². The van der Waals surface area contributed by atoms with Crippen molar-refractivity contribution in [2.75, 3.05) is 20.3 Å². The van der Waals surface area contributed by atoms with Gasteiger partial charge in [-0.2, -0.15) is 0 Å². The highest BCUT2D eigenvalue weighted by atomic mass is 79.9. The van der Waals surface area contributed by atoms with Crippen LogP contribution in [0, 0.1) is 5.92 Å². The Bertz CT molecular complexity index is 1650. The first-order valence-corrected chi connectivity index (χ1v) is 18.4. The highest BCUT2D eigenvalue weighted by Crippen LogP contribution is 2.46. The molecule has 2 aliphatic heterocycles. The van der Waals surface area contributed by atoms with Gasteiger partial charge >= 0.3 is 12.1 Å². The number of fused-ring (bicyclic) bond motifs is 3. The lowest BCUT2D eigenvalue weighted by atomic mass is 10.0. The van der Waals surface area contributed by atoms with Crippen molar-refractivity contribution in [1.82, 2.24) is 20.5 Å². The van der Waals surface area contributed by atoms with Crippen LogP contribution in [0.5, 0.6) is 17.4 Å². The van der Waals surface area contributed by atoms with Crippen molar-refractivity contribution >= 4 is 50.7 Å². The number of aromatic nitrogens is 1. The standard InChI is InChI=1S/C36H45BrN4O9/c1-3-48-29-18-28(25-14-15-27(47-2)31(37)32(25)39-29)49-24-17-26-33(43)40-36(34(44)45)19-21(36)10-6-4-5-7-11-22(16-30(42)41(26)20-24)38-35(46)50-23-12-8-9-13-23/h6,10,14-15,18,21-24,26H,3-5,7-9,11-13,16-17,19-20H2,1-2H3,(H,38,46)(H,40,43)(H,44,45)/b10-6-/t21-,22+,24-,26+,36-/m1/s1. The molecule has 50 heavy (non-hydrogen) atoms. The SMILES string of the molecule is CCOc1cc(O[C@@H]2C[C@H]3C(=O)N[C@]4(C(=O)O)C[C@H]4/C=C\CCCC[C@H](NC(=O)OC4CCCC4)CC(=O)N3C2)c2ccc(OC)c(Br)c2n1. The summed E-state index contributed by atoms with van der Waals surface area (Å²) in [5, 5.41) is 16.6. The summed E-state index contributed by atoms with van der Waals surface area (Å²) in [6.45, 7) is 2.29.